The summed E-state index contributed by atoms with van der Waals surface area (Å²) in [6.07, 6.45) is 0. The molecule has 1 heterocycles. The monoisotopic (exact) mass is 240 g/mol. The molecule has 0 spiro atoms. The first-order chi connectivity index (χ1) is 7.36. The Labute approximate surface area is 104 Å². The van der Waals surface area contributed by atoms with Gasteiger partial charge >= 0.3 is 0 Å². The van der Waals surface area contributed by atoms with Crippen LogP contribution in [0.2, 0.25) is 0 Å². The van der Waals surface area contributed by atoms with Crippen LogP contribution in [0.1, 0.15) is 48.5 Å². The quantitative estimate of drug-likeness (QED) is 0.571. The largest absolute Gasteiger partial charge is 0.386 e. The van der Waals surface area contributed by atoms with Crippen molar-refractivity contribution in [3.8, 4) is 11.8 Å². The molecule has 2 atom stereocenters. The van der Waals surface area contributed by atoms with E-state index in [2.05, 4.69) is 11.8 Å². The lowest BCUT2D eigenvalue weighted by Crippen LogP contribution is -2.46. The van der Waals surface area contributed by atoms with Crippen molar-refractivity contribution in [1.82, 2.24) is 0 Å². The summed E-state index contributed by atoms with van der Waals surface area (Å²) in [6, 6.07) is 0. The molecule has 17 heavy (non-hydrogen) atoms. The Morgan fingerprint density at radius 1 is 1.12 bits per heavy atom. The summed E-state index contributed by atoms with van der Waals surface area (Å²) >= 11 is 0. The molecule has 0 aromatic heterocycles. The summed E-state index contributed by atoms with van der Waals surface area (Å²) in [4.78, 5) is 0. The van der Waals surface area contributed by atoms with Crippen LogP contribution in [-0.2, 0) is 4.74 Å². The maximum atomic E-state index is 10.1. The summed E-state index contributed by atoms with van der Waals surface area (Å²) in [5.41, 5.74) is -3.51. The number of hydrogen-bond acceptors (Lipinski definition) is 3. The molecule has 3 nitrogen and oxygen atoms in total. The van der Waals surface area contributed by atoms with Crippen molar-refractivity contribution < 1.29 is 14.9 Å². The standard InChI is InChI=1S/C14H24O3/c1-10(2)14(12(5,6)17-14)9-8-13(7,16)11(3,4)15/h10,15-16H,1-7H3. The normalized spacial score (nSPS) is 30.5. The van der Waals surface area contributed by atoms with Crippen molar-refractivity contribution in [3.05, 3.63) is 0 Å². The van der Waals surface area contributed by atoms with Crippen molar-refractivity contribution >= 4 is 0 Å². The van der Waals surface area contributed by atoms with Gasteiger partial charge in [-0.15, -0.1) is 0 Å². The summed E-state index contributed by atoms with van der Waals surface area (Å²) < 4.78 is 5.70. The summed E-state index contributed by atoms with van der Waals surface area (Å²) in [7, 11) is 0. The summed E-state index contributed by atoms with van der Waals surface area (Å²) in [5, 5.41) is 20.0. The molecular weight excluding hydrogens is 216 g/mol. The third-order valence-corrected chi connectivity index (χ3v) is 3.76. The molecule has 0 bridgehead atoms. The van der Waals surface area contributed by atoms with Gasteiger partial charge < -0.3 is 14.9 Å². The zero-order chi connectivity index (χ0) is 13.7. The molecule has 0 saturated carbocycles. The zero-order valence-electron chi connectivity index (χ0n) is 11.9. The van der Waals surface area contributed by atoms with E-state index in [-0.39, 0.29) is 11.5 Å². The molecule has 0 aliphatic carbocycles. The van der Waals surface area contributed by atoms with Crippen molar-refractivity contribution in [1.29, 1.82) is 0 Å². The molecule has 1 saturated heterocycles. The fourth-order valence-electron chi connectivity index (χ4n) is 1.88. The van der Waals surface area contributed by atoms with Gasteiger partial charge in [-0.05, 0) is 40.5 Å². The lowest BCUT2D eigenvalue weighted by molar-refractivity contribution is -0.0822. The van der Waals surface area contributed by atoms with Gasteiger partial charge in [-0.1, -0.05) is 25.7 Å². The number of ether oxygens (including phenoxy) is 1. The van der Waals surface area contributed by atoms with Crippen molar-refractivity contribution in [3.63, 3.8) is 0 Å². The Balaban J connectivity index is 3.01. The van der Waals surface area contributed by atoms with Crippen LogP contribution in [0.3, 0.4) is 0 Å². The van der Waals surface area contributed by atoms with Crippen molar-refractivity contribution in [2.75, 3.05) is 0 Å². The minimum atomic E-state index is -1.45. The number of hydrogen-bond donors (Lipinski definition) is 2. The maximum Gasteiger partial charge on any atom is 0.160 e. The van der Waals surface area contributed by atoms with E-state index >= 15 is 0 Å². The SMILES string of the molecule is CC(C)C1(C#CC(C)(O)C(C)(C)O)OC1(C)C. The van der Waals surface area contributed by atoms with E-state index in [1.807, 2.05) is 27.7 Å². The van der Waals surface area contributed by atoms with Gasteiger partial charge in [0.25, 0.3) is 0 Å². The van der Waals surface area contributed by atoms with Gasteiger partial charge in [0.1, 0.15) is 5.60 Å². The first kappa shape index (κ1) is 14.5. The molecule has 0 amide bonds. The average Bonchev–Trinajstić information content (AvgIpc) is 2.65. The number of rotatable bonds is 2. The van der Waals surface area contributed by atoms with Crippen LogP contribution in [0, 0.1) is 17.8 Å². The number of epoxide rings is 1. The van der Waals surface area contributed by atoms with Gasteiger partial charge in [0, 0.05) is 0 Å². The van der Waals surface area contributed by atoms with Gasteiger partial charge in [-0.2, -0.15) is 0 Å². The fourth-order valence-corrected chi connectivity index (χ4v) is 1.88. The van der Waals surface area contributed by atoms with Crippen LogP contribution in [0.25, 0.3) is 0 Å². The Morgan fingerprint density at radius 3 is 1.76 bits per heavy atom. The molecule has 1 fully saturated rings. The molecule has 2 N–H and O–H groups in total. The smallest absolute Gasteiger partial charge is 0.160 e. The molecule has 2 unspecified atom stereocenters. The van der Waals surface area contributed by atoms with Crippen LogP contribution in [0.4, 0.5) is 0 Å². The lowest BCUT2D eigenvalue weighted by atomic mass is 9.83. The highest BCUT2D eigenvalue weighted by Gasteiger charge is 2.65. The van der Waals surface area contributed by atoms with Crippen LogP contribution in [-0.4, -0.2) is 32.6 Å². The summed E-state index contributed by atoms with van der Waals surface area (Å²) in [5.74, 6) is 6.03. The highest BCUT2D eigenvalue weighted by molar-refractivity contribution is 5.34. The van der Waals surface area contributed by atoms with E-state index in [4.69, 9.17) is 4.74 Å². The van der Waals surface area contributed by atoms with Crippen LogP contribution >= 0.6 is 0 Å². The predicted molar refractivity (Wildman–Crippen MR) is 67.4 cm³/mol. The second-order valence-corrected chi connectivity index (χ2v) is 6.38. The highest BCUT2D eigenvalue weighted by atomic mass is 16.6. The van der Waals surface area contributed by atoms with Gasteiger partial charge in [0.15, 0.2) is 11.2 Å². The Morgan fingerprint density at radius 2 is 1.53 bits per heavy atom. The van der Waals surface area contributed by atoms with Crippen molar-refractivity contribution in [2.24, 2.45) is 5.92 Å². The Bertz CT molecular complexity index is 363. The van der Waals surface area contributed by atoms with E-state index < -0.39 is 16.8 Å². The van der Waals surface area contributed by atoms with Gasteiger partial charge in [-0.25, -0.2) is 0 Å². The second-order valence-electron chi connectivity index (χ2n) is 6.38. The molecule has 0 aromatic rings. The van der Waals surface area contributed by atoms with Crippen LogP contribution < -0.4 is 0 Å². The molecule has 1 aliphatic rings. The zero-order valence-corrected chi connectivity index (χ0v) is 11.9. The average molecular weight is 240 g/mol. The Hall–Kier alpha value is -0.560. The van der Waals surface area contributed by atoms with E-state index in [0.717, 1.165) is 0 Å². The van der Waals surface area contributed by atoms with Gasteiger partial charge in [-0.3, -0.25) is 0 Å². The predicted octanol–water partition coefficient (Wildman–Crippen LogP) is 1.72. The van der Waals surface area contributed by atoms with Crippen LogP contribution in [0.5, 0.6) is 0 Å². The highest BCUT2D eigenvalue weighted by Crippen LogP contribution is 2.52. The first-order valence-corrected chi connectivity index (χ1v) is 6.05. The van der Waals surface area contributed by atoms with Gasteiger partial charge in [0.05, 0.1) is 5.60 Å². The Kier molecular flexibility index (Phi) is 3.17. The molecule has 1 rings (SSSR count). The third kappa shape index (κ3) is 2.35. The van der Waals surface area contributed by atoms with Crippen molar-refractivity contribution in [2.45, 2.75) is 70.9 Å². The second kappa shape index (κ2) is 3.71. The minimum absolute atomic E-state index is 0.239. The molecule has 0 aromatic carbocycles. The number of aliphatic hydroxyl groups is 2. The molecular formula is C14H24O3. The topological polar surface area (TPSA) is 53.0 Å². The third-order valence-electron chi connectivity index (χ3n) is 3.76. The van der Waals surface area contributed by atoms with E-state index in [0.29, 0.717) is 0 Å². The maximum absolute atomic E-state index is 10.1. The molecule has 3 heteroatoms. The molecule has 0 radical (unpaired) electrons. The molecule has 98 valence electrons. The summed E-state index contributed by atoms with van der Waals surface area (Å²) in [6.45, 7) is 12.7. The van der Waals surface area contributed by atoms with E-state index in [9.17, 15) is 10.2 Å². The minimum Gasteiger partial charge on any atom is -0.386 e. The van der Waals surface area contributed by atoms with E-state index in [1.165, 1.54) is 6.92 Å². The fraction of sp³-hybridized carbons (Fsp3) is 0.857. The molecule has 1 aliphatic heterocycles. The van der Waals surface area contributed by atoms with Crippen LogP contribution in [0.15, 0.2) is 0 Å². The van der Waals surface area contributed by atoms with Gasteiger partial charge in [0.2, 0.25) is 0 Å². The van der Waals surface area contributed by atoms with E-state index in [1.54, 1.807) is 13.8 Å². The first-order valence-electron chi connectivity index (χ1n) is 6.05. The lowest BCUT2D eigenvalue weighted by Gasteiger charge is -2.30.